The molecule has 0 atom stereocenters. The summed E-state index contributed by atoms with van der Waals surface area (Å²) in [4.78, 5) is 17.0. The number of nitrogens with one attached hydrogen (secondary N) is 1. The highest BCUT2D eigenvalue weighted by Gasteiger charge is 2.27. The third-order valence-corrected chi connectivity index (χ3v) is 8.23. The summed E-state index contributed by atoms with van der Waals surface area (Å²) in [7, 11) is -4.91. The van der Waals surface area contributed by atoms with Crippen molar-refractivity contribution in [2.45, 2.75) is 44.0 Å². The summed E-state index contributed by atoms with van der Waals surface area (Å²) in [5, 5.41) is 11.2. The van der Waals surface area contributed by atoms with Crippen molar-refractivity contribution in [2.24, 2.45) is 5.92 Å². The second-order valence-electron chi connectivity index (χ2n) is 10.5. The van der Waals surface area contributed by atoms with Crippen LogP contribution >= 0.6 is 0 Å². The molecule has 9 heteroatoms. The number of halogens is 1. The van der Waals surface area contributed by atoms with E-state index >= 15 is 0 Å². The summed E-state index contributed by atoms with van der Waals surface area (Å²) in [5.74, 6) is 0.621. The van der Waals surface area contributed by atoms with Crippen molar-refractivity contribution in [1.82, 2.24) is 9.55 Å². The summed E-state index contributed by atoms with van der Waals surface area (Å²) in [6.07, 6.45) is 2.96. The van der Waals surface area contributed by atoms with Crippen LogP contribution in [0.25, 0.3) is 44.0 Å². The topological polar surface area (TPSA) is 105 Å². The van der Waals surface area contributed by atoms with E-state index in [1.807, 2.05) is 19.9 Å². The van der Waals surface area contributed by atoms with Gasteiger partial charge < -0.3 is 14.3 Å². The van der Waals surface area contributed by atoms with Gasteiger partial charge in [-0.2, -0.15) is 13.7 Å². The van der Waals surface area contributed by atoms with Gasteiger partial charge in [-0.3, -0.25) is 4.79 Å². The van der Waals surface area contributed by atoms with Crippen LogP contribution in [0.2, 0.25) is 0 Å². The van der Waals surface area contributed by atoms with Gasteiger partial charge in [0.05, 0.1) is 39.4 Å². The molecule has 2 heterocycles. The molecule has 0 amide bonds. The number of nitriles is 1. The van der Waals surface area contributed by atoms with E-state index in [1.165, 1.54) is 18.2 Å². The lowest BCUT2D eigenvalue weighted by molar-refractivity contribution is 0.272. The van der Waals surface area contributed by atoms with E-state index in [-0.39, 0.29) is 17.4 Å². The minimum absolute atomic E-state index is 0.159. The zero-order valence-corrected chi connectivity index (χ0v) is 22.3. The van der Waals surface area contributed by atoms with Gasteiger partial charge in [0.15, 0.2) is 5.43 Å². The molecule has 1 N–H and O–H groups in total. The maximum absolute atomic E-state index is 14.0. The molecule has 39 heavy (non-hydrogen) atoms. The summed E-state index contributed by atoms with van der Waals surface area (Å²) in [5.41, 5.74) is 3.46. The first-order valence-corrected chi connectivity index (χ1v) is 14.3. The number of aromatic nitrogens is 2. The molecule has 5 aromatic rings. The zero-order chi connectivity index (χ0) is 27.5. The van der Waals surface area contributed by atoms with Gasteiger partial charge >= 0.3 is 10.2 Å². The van der Waals surface area contributed by atoms with Crippen LogP contribution < -0.4 is 10.2 Å². The quantitative estimate of drug-likeness (QED) is 0.243. The molecule has 7 nitrogen and oxygen atoms in total. The lowest BCUT2D eigenvalue weighted by atomic mass is 9.91. The molecule has 0 aliphatic heterocycles. The first-order valence-electron chi connectivity index (χ1n) is 12.9. The van der Waals surface area contributed by atoms with Gasteiger partial charge in [-0.15, -0.1) is 3.89 Å². The van der Waals surface area contributed by atoms with E-state index in [0.29, 0.717) is 56.5 Å². The Morgan fingerprint density at radius 2 is 1.92 bits per heavy atom. The molecule has 0 bridgehead atoms. The molecule has 3 aromatic carbocycles. The van der Waals surface area contributed by atoms with Crippen LogP contribution in [0, 0.1) is 17.2 Å². The highest BCUT2D eigenvalue weighted by atomic mass is 32.3. The number of benzene rings is 3. The Morgan fingerprint density at radius 3 is 2.59 bits per heavy atom. The molecule has 198 valence electrons. The molecule has 0 radical (unpaired) electrons. The van der Waals surface area contributed by atoms with Crippen molar-refractivity contribution in [1.29, 1.82) is 5.26 Å². The largest absolute Gasteiger partial charge is 0.493 e. The lowest BCUT2D eigenvalue weighted by Crippen LogP contribution is -2.21. The van der Waals surface area contributed by atoms with Crippen LogP contribution in [-0.2, 0) is 10.2 Å². The number of hydrogen-bond donors (Lipinski definition) is 1. The van der Waals surface area contributed by atoms with Crippen LogP contribution in [0.3, 0.4) is 0 Å². The zero-order valence-electron chi connectivity index (χ0n) is 21.5. The molecular formula is C30H26FN3O4S. The van der Waals surface area contributed by atoms with Gasteiger partial charge in [-0.05, 0) is 67.1 Å². The van der Waals surface area contributed by atoms with Gasteiger partial charge in [0, 0.05) is 22.5 Å². The molecule has 2 aromatic heterocycles. The number of nitrogens with zero attached hydrogens (tertiary/aromatic N) is 2. The number of ether oxygens (including phenoxy) is 1. The van der Waals surface area contributed by atoms with E-state index < -0.39 is 15.1 Å². The molecule has 0 saturated heterocycles. The minimum atomic E-state index is -4.91. The number of aromatic amines is 1. The molecule has 0 spiro atoms. The number of rotatable bonds is 6. The fourth-order valence-electron chi connectivity index (χ4n) is 5.31. The van der Waals surface area contributed by atoms with E-state index in [1.54, 1.807) is 30.3 Å². The highest BCUT2D eigenvalue weighted by molar-refractivity contribution is 7.86. The van der Waals surface area contributed by atoms with Gasteiger partial charge in [0.25, 0.3) is 0 Å². The summed E-state index contributed by atoms with van der Waals surface area (Å²) < 4.78 is 45.6. The second-order valence-corrected chi connectivity index (χ2v) is 11.9. The summed E-state index contributed by atoms with van der Waals surface area (Å²) in [6.45, 7) is 4.39. The molecule has 1 fully saturated rings. The number of H-pyrrole nitrogens is 1. The molecule has 1 aliphatic carbocycles. The van der Waals surface area contributed by atoms with Gasteiger partial charge in [-0.1, -0.05) is 32.0 Å². The monoisotopic (exact) mass is 543 g/mol. The van der Waals surface area contributed by atoms with Crippen LogP contribution in [0.5, 0.6) is 5.75 Å². The molecule has 1 aliphatic rings. The van der Waals surface area contributed by atoms with Crippen LogP contribution in [-0.4, -0.2) is 24.6 Å². The molecule has 0 unspecified atom stereocenters. The third kappa shape index (κ3) is 4.25. The molecule has 1 saturated carbocycles. The molecule has 6 rings (SSSR count). The normalized spacial score (nSPS) is 14.2. The minimum Gasteiger partial charge on any atom is -0.493 e. The van der Waals surface area contributed by atoms with Crippen LogP contribution in [0.15, 0.2) is 64.3 Å². The van der Waals surface area contributed by atoms with E-state index in [2.05, 4.69) is 15.6 Å². The Balaban J connectivity index is 1.72. The summed E-state index contributed by atoms with van der Waals surface area (Å²) in [6, 6.07) is 16.8. The number of hydrogen-bond acceptors (Lipinski definition) is 5. The van der Waals surface area contributed by atoms with Gasteiger partial charge in [0.2, 0.25) is 0 Å². The first-order chi connectivity index (χ1) is 18.7. The lowest BCUT2D eigenvalue weighted by Gasteiger charge is -2.31. The van der Waals surface area contributed by atoms with E-state index in [4.69, 9.17) is 4.74 Å². The first kappa shape index (κ1) is 25.1. The van der Waals surface area contributed by atoms with E-state index in [0.717, 1.165) is 24.6 Å². The Labute approximate surface area is 224 Å². The Bertz CT molecular complexity index is 2000. The SMILES string of the molecule is CC(C)COc1cc2c(=O)c3c4ccc(C#N)cc4[nH]c3n(C3CCC3)c2cc1-c1cccc(S(=O)(=O)F)c1. The predicted molar refractivity (Wildman–Crippen MR) is 149 cm³/mol. The Kier molecular flexibility index (Phi) is 5.96. The number of pyridine rings is 1. The van der Waals surface area contributed by atoms with Gasteiger partial charge in [-0.25, -0.2) is 0 Å². The van der Waals surface area contributed by atoms with Crippen LogP contribution in [0.1, 0.15) is 44.7 Å². The van der Waals surface area contributed by atoms with Crippen molar-refractivity contribution in [3.8, 4) is 22.9 Å². The Hall–Kier alpha value is -4.16. The van der Waals surface area contributed by atoms with Crippen molar-refractivity contribution in [3.63, 3.8) is 0 Å². The molecular weight excluding hydrogens is 517 g/mol. The summed E-state index contributed by atoms with van der Waals surface area (Å²) >= 11 is 0. The number of fused-ring (bicyclic) bond motifs is 4. The van der Waals surface area contributed by atoms with Crippen molar-refractivity contribution >= 4 is 43.1 Å². The smallest absolute Gasteiger partial charge is 0.332 e. The third-order valence-electron chi connectivity index (χ3n) is 7.42. The predicted octanol–water partition coefficient (Wildman–Crippen LogP) is 6.59. The maximum Gasteiger partial charge on any atom is 0.332 e. The van der Waals surface area contributed by atoms with Gasteiger partial charge in [0.1, 0.15) is 11.4 Å². The second kappa shape index (κ2) is 9.24. The van der Waals surface area contributed by atoms with Crippen molar-refractivity contribution in [2.75, 3.05) is 6.61 Å². The fourth-order valence-corrected chi connectivity index (χ4v) is 5.82. The highest BCUT2D eigenvalue weighted by Crippen LogP contribution is 2.41. The van der Waals surface area contributed by atoms with Crippen molar-refractivity contribution < 1.29 is 17.0 Å². The average molecular weight is 544 g/mol. The standard InChI is InChI=1S/C30H26FN3O4S/c1-17(2)16-38-27-14-24-26(13-23(27)19-5-3-8-21(12-19)39(31,36)37)34(20-6-4-7-20)30-28(29(24)35)22-10-9-18(15-32)11-25(22)33-30/h3,5,8-14,17,20,33H,4,6-7,16H2,1-2H3. The van der Waals surface area contributed by atoms with Crippen LogP contribution in [0.4, 0.5) is 3.89 Å². The van der Waals surface area contributed by atoms with E-state index in [9.17, 15) is 22.4 Å². The Morgan fingerprint density at radius 1 is 1.13 bits per heavy atom. The average Bonchev–Trinajstić information content (AvgIpc) is 3.26. The fraction of sp³-hybridized carbons (Fsp3) is 0.267. The van der Waals surface area contributed by atoms with Crippen molar-refractivity contribution in [3.05, 3.63) is 70.4 Å². The maximum atomic E-state index is 14.0.